The number of aliphatic hydroxyl groups excluding tert-OH is 1. The van der Waals surface area contributed by atoms with Crippen LogP contribution in [0.15, 0.2) is 84.0 Å². The minimum Gasteiger partial charge on any atom is -0.423 e. The van der Waals surface area contributed by atoms with Crippen molar-refractivity contribution in [2.75, 3.05) is 0 Å². The maximum atomic E-state index is 12.2. The first-order chi connectivity index (χ1) is 14.9. The number of nitrogens with one attached hydrogen (secondary N) is 1. The molecule has 9 nitrogen and oxygen atoms in total. The van der Waals surface area contributed by atoms with Crippen LogP contribution in [0.2, 0.25) is 0 Å². The average molecular weight is 419 g/mol. The van der Waals surface area contributed by atoms with Crippen LogP contribution in [0.4, 0.5) is 5.69 Å². The fourth-order valence-electron chi connectivity index (χ4n) is 2.56. The lowest BCUT2D eigenvalue weighted by Gasteiger charge is -2.08. The molecule has 0 fully saturated rings. The Bertz CT molecular complexity index is 1110. The zero-order chi connectivity index (χ0) is 22.2. The predicted molar refractivity (Wildman–Crippen MR) is 112 cm³/mol. The second-order valence-electron chi connectivity index (χ2n) is 6.31. The standard InChI is InChI=1S/C22H17N3O6/c26-20(16-6-2-1-3-7-16)21(27)24-23-14-15-5-4-8-19(13-15)31-22(28)17-9-11-18(12-10-17)25(29)30/h1-14,20,26H,(H,24,27). The lowest BCUT2D eigenvalue weighted by molar-refractivity contribution is -0.384. The molecule has 1 amide bonds. The summed E-state index contributed by atoms with van der Waals surface area (Å²) in [7, 11) is 0. The Balaban J connectivity index is 1.60. The number of carbonyl (C=O) groups excluding carboxylic acids is 2. The van der Waals surface area contributed by atoms with E-state index in [0.717, 1.165) is 0 Å². The molecule has 1 atom stereocenters. The van der Waals surface area contributed by atoms with Crippen molar-refractivity contribution in [3.8, 4) is 5.75 Å². The molecule has 0 heterocycles. The van der Waals surface area contributed by atoms with Crippen LogP contribution in [0.5, 0.6) is 5.75 Å². The van der Waals surface area contributed by atoms with E-state index in [2.05, 4.69) is 10.5 Å². The van der Waals surface area contributed by atoms with Gasteiger partial charge in [0.2, 0.25) is 0 Å². The Morgan fingerprint density at radius 1 is 1.03 bits per heavy atom. The van der Waals surface area contributed by atoms with E-state index in [0.29, 0.717) is 11.1 Å². The van der Waals surface area contributed by atoms with E-state index in [1.54, 1.807) is 48.5 Å². The van der Waals surface area contributed by atoms with Gasteiger partial charge in [0, 0.05) is 12.1 Å². The van der Waals surface area contributed by atoms with Crippen molar-refractivity contribution in [2.24, 2.45) is 5.10 Å². The smallest absolute Gasteiger partial charge is 0.343 e. The highest BCUT2D eigenvalue weighted by Gasteiger charge is 2.16. The molecule has 0 radical (unpaired) electrons. The minimum absolute atomic E-state index is 0.130. The van der Waals surface area contributed by atoms with Crippen molar-refractivity contribution >= 4 is 23.8 Å². The molecule has 0 saturated heterocycles. The van der Waals surface area contributed by atoms with E-state index < -0.39 is 22.9 Å². The van der Waals surface area contributed by atoms with Gasteiger partial charge in [-0.25, -0.2) is 10.2 Å². The number of hydrogen-bond donors (Lipinski definition) is 2. The summed E-state index contributed by atoms with van der Waals surface area (Å²) in [5.41, 5.74) is 3.25. The van der Waals surface area contributed by atoms with Gasteiger partial charge in [-0.15, -0.1) is 0 Å². The third kappa shape index (κ3) is 5.81. The van der Waals surface area contributed by atoms with E-state index in [1.807, 2.05) is 0 Å². The number of non-ortho nitro benzene ring substituents is 1. The van der Waals surface area contributed by atoms with E-state index in [9.17, 15) is 24.8 Å². The summed E-state index contributed by atoms with van der Waals surface area (Å²) in [5, 5.41) is 24.5. The number of rotatable bonds is 7. The molecule has 3 aromatic carbocycles. The first kappa shape index (κ1) is 21.3. The number of ether oxygens (including phenoxy) is 1. The van der Waals surface area contributed by atoms with Gasteiger partial charge in [-0.3, -0.25) is 14.9 Å². The van der Waals surface area contributed by atoms with Gasteiger partial charge >= 0.3 is 5.97 Å². The number of hydrogen-bond acceptors (Lipinski definition) is 7. The molecule has 3 rings (SSSR count). The fourth-order valence-corrected chi connectivity index (χ4v) is 2.56. The number of esters is 1. The SMILES string of the molecule is O=C(Oc1cccc(C=NNC(=O)C(O)c2ccccc2)c1)c1ccc([N+](=O)[O-])cc1. The number of amides is 1. The molecular weight excluding hydrogens is 402 g/mol. The number of nitro benzene ring substituents is 1. The number of benzene rings is 3. The predicted octanol–water partition coefficient (Wildman–Crippen LogP) is 3.00. The third-order valence-electron chi connectivity index (χ3n) is 4.13. The lowest BCUT2D eigenvalue weighted by Crippen LogP contribution is -2.25. The zero-order valence-electron chi connectivity index (χ0n) is 16.0. The van der Waals surface area contributed by atoms with Gasteiger partial charge in [0.05, 0.1) is 16.7 Å². The number of nitro groups is 1. The molecule has 0 bridgehead atoms. The Kier molecular flexibility index (Phi) is 6.82. The maximum Gasteiger partial charge on any atom is 0.343 e. The Morgan fingerprint density at radius 2 is 1.74 bits per heavy atom. The quantitative estimate of drug-likeness (QED) is 0.199. The third-order valence-corrected chi connectivity index (χ3v) is 4.13. The summed E-state index contributed by atoms with van der Waals surface area (Å²) in [6.45, 7) is 0. The molecule has 0 aliphatic rings. The van der Waals surface area contributed by atoms with E-state index >= 15 is 0 Å². The van der Waals surface area contributed by atoms with Crippen molar-refractivity contribution in [3.05, 3.63) is 106 Å². The first-order valence-corrected chi connectivity index (χ1v) is 9.06. The van der Waals surface area contributed by atoms with E-state index in [-0.39, 0.29) is 17.0 Å². The number of hydrazone groups is 1. The van der Waals surface area contributed by atoms with Crippen LogP contribution in [0.3, 0.4) is 0 Å². The van der Waals surface area contributed by atoms with Crippen LogP contribution < -0.4 is 10.2 Å². The Labute approximate surface area is 176 Å². The van der Waals surface area contributed by atoms with Gasteiger partial charge in [-0.05, 0) is 35.4 Å². The molecule has 3 aromatic rings. The molecule has 0 saturated carbocycles. The molecule has 156 valence electrons. The van der Waals surface area contributed by atoms with Gasteiger partial charge in [0.15, 0.2) is 6.10 Å². The van der Waals surface area contributed by atoms with Crippen LogP contribution in [-0.4, -0.2) is 28.1 Å². The molecule has 0 aliphatic carbocycles. The lowest BCUT2D eigenvalue weighted by atomic mass is 10.1. The van der Waals surface area contributed by atoms with E-state index in [4.69, 9.17) is 4.74 Å². The molecule has 1 unspecified atom stereocenters. The number of carbonyl (C=O) groups is 2. The highest BCUT2D eigenvalue weighted by atomic mass is 16.6. The highest BCUT2D eigenvalue weighted by molar-refractivity contribution is 5.91. The molecule has 0 spiro atoms. The fraction of sp³-hybridized carbons (Fsp3) is 0.0455. The Hall–Kier alpha value is -4.37. The number of nitrogens with zero attached hydrogens (tertiary/aromatic N) is 2. The largest absolute Gasteiger partial charge is 0.423 e. The van der Waals surface area contributed by atoms with Gasteiger partial charge in [0.25, 0.3) is 11.6 Å². The van der Waals surface area contributed by atoms with Gasteiger partial charge in [-0.1, -0.05) is 42.5 Å². The summed E-state index contributed by atoms with van der Waals surface area (Å²) in [6, 6.07) is 19.8. The summed E-state index contributed by atoms with van der Waals surface area (Å²) in [4.78, 5) is 34.3. The first-order valence-electron chi connectivity index (χ1n) is 9.06. The molecular formula is C22H17N3O6. The molecule has 0 aliphatic heterocycles. The van der Waals surface area contributed by atoms with E-state index in [1.165, 1.54) is 36.5 Å². The normalized spacial score (nSPS) is 11.6. The molecule has 31 heavy (non-hydrogen) atoms. The summed E-state index contributed by atoms with van der Waals surface area (Å²) in [5.74, 6) is -1.14. The van der Waals surface area contributed by atoms with Crippen molar-refractivity contribution in [1.29, 1.82) is 0 Å². The van der Waals surface area contributed by atoms with Crippen LogP contribution in [0.25, 0.3) is 0 Å². The monoisotopic (exact) mass is 419 g/mol. The average Bonchev–Trinajstić information content (AvgIpc) is 2.79. The summed E-state index contributed by atoms with van der Waals surface area (Å²) < 4.78 is 5.27. The zero-order valence-corrected chi connectivity index (χ0v) is 16.0. The summed E-state index contributed by atoms with van der Waals surface area (Å²) in [6.07, 6.45) is -0.0221. The van der Waals surface area contributed by atoms with Crippen molar-refractivity contribution in [1.82, 2.24) is 5.43 Å². The van der Waals surface area contributed by atoms with Crippen LogP contribution >= 0.6 is 0 Å². The van der Waals surface area contributed by atoms with Gasteiger partial charge in [-0.2, -0.15) is 5.10 Å². The molecule has 2 N–H and O–H groups in total. The molecule has 9 heteroatoms. The second-order valence-corrected chi connectivity index (χ2v) is 6.31. The molecule has 0 aromatic heterocycles. The van der Waals surface area contributed by atoms with Crippen molar-refractivity contribution < 1.29 is 24.4 Å². The highest BCUT2D eigenvalue weighted by Crippen LogP contribution is 2.17. The van der Waals surface area contributed by atoms with Crippen LogP contribution in [0, 0.1) is 10.1 Å². The summed E-state index contributed by atoms with van der Waals surface area (Å²) >= 11 is 0. The minimum atomic E-state index is -1.35. The second kappa shape index (κ2) is 9.90. The topological polar surface area (TPSA) is 131 Å². The van der Waals surface area contributed by atoms with Crippen molar-refractivity contribution in [3.63, 3.8) is 0 Å². The van der Waals surface area contributed by atoms with Gasteiger partial charge in [0.1, 0.15) is 5.75 Å². The van der Waals surface area contributed by atoms with Crippen LogP contribution in [-0.2, 0) is 4.79 Å². The number of aliphatic hydroxyl groups is 1. The van der Waals surface area contributed by atoms with Gasteiger partial charge < -0.3 is 9.84 Å². The van der Waals surface area contributed by atoms with Crippen molar-refractivity contribution in [2.45, 2.75) is 6.10 Å². The maximum absolute atomic E-state index is 12.2. The Morgan fingerprint density at radius 3 is 2.42 bits per heavy atom. The van der Waals surface area contributed by atoms with Crippen LogP contribution in [0.1, 0.15) is 27.6 Å².